The highest BCUT2D eigenvalue weighted by Gasteiger charge is 2.24. The summed E-state index contributed by atoms with van der Waals surface area (Å²) in [5, 5.41) is 1.13. The van der Waals surface area contributed by atoms with Crippen molar-refractivity contribution >= 4 is 39.1 Å². The van der Waals surface area contributed by atoms with Gasteiger partial charge >= 0.3 is 5.97 Å². The summed E-state index contributed by atoms with van der Waals surface area (Å²) in [5.74, 6) is -0.0947. The van der Waals surface area contributed by atoms with Gasteiger partial charge in [0.1, 0.15) is 17.2 Å². The van der Waals surface area contributed by atoms with Gasteiger partial charge in [0.15, 0.2) is 0 Å². The summed E-state index contributed by atoms with van der Waals surface area (Å²) < 4.78 is 6.17. The molecular formula is C19H17ClN2O3S. The zero-order valence-corrected chi connectivity index (χ0v) is 15.8. The van der Waals surface area contributed by atoms with Gasteiger partial charge in [-0.15, -0.1) is 11.3 Å². The zero-order chi connectivity index (χ0) is 18.3. The first kappa shape index (κ1) is 17.2. The maximum Gasteiger partial charge on any atom is 0.325 e. The zero-order valence-electron chi connectivity index (χ0n) is 14.3. The van der Waals surface area contributed by atoms with Crippen molar-refractivity contribution in [2.45, 2.75) is 32.2 Å². The largest absolute Gasteiger partial charge is 0.468 e. The summed E-state index contributed by atoms with van der Waals surface area (Å²) in [4.78, 5) is 31.9. The summed E-state index contributed by atoms with van der Waals surface area (Å²) in [6.45, 7) is -0.191. The Hall–Kier alpha value is -2.18. The van der Waals surface area contributed by atoms with Crippen molar-refractivity contribution in [1.29, 1.82) is 0 Å². The van der Waals surface area contributed by atoms with E-state index in [2.05, 4.69) is 0 Å². The van der Waals surface area contributed by atoms with Crippen LogP contribution in [0.15, 0.2) is 29.1 Å². The van der Waals surface area contributed by atoms with Gasteiger partial charge in [-0.3, -0.25) is 14.2 Å². The molecule has 2 heterocycles. The second kappa shape index (κ2) is 6.85. The lowest BCUT2D eigenvalue weighted by atomic mass is 9.97. The summed E-state index contributed by atoms with van der Waals surface area (Å²) in [5.41, 5.74) is 1.52. The van der Waals surface area contributed by atoms with Gasteiger partial charge in [0.2, 0.25) is 0 Å². The standard InChI is InChI=1S/C19H17ClN2O3S/c1-25-15(23)10-22-17(11-6-2-4-8-13(11)20)21-18-16(19(22)24)12-7-3-5-9-14(12)26-18/h2,4,6,8H,3,5,7,9-10H2,1H3. The van der Waals surface area contributed by atoms with E-state index >= 15 is 0 Å². The molecule has 1 aliphatic rings. The summed E-state index contributed by atoms with van der Waals surface area (Å²) >= 11 is 7.92. The molecule has 134 valence electrons. The Bertz CT molecular complexity index is 1070. The van der Waals surface area contributed by atoms with E-state index in [9.17, 15) is 9.59 Å². The van der Waals surface area contributed by atoms with Crippen LogP contribution in [-0.4, -0.2) is 22.6 Å². The maximum absolute atomic E-state index is 13.3. The molecule has 0 radical (unpaired) electrons. The number of benzene rings is 1. The molecule has 26 heavy (non-hydrogen) atoms. The number of carbonyl (C=O) groups excluding carboxylic acids is 1. The van der Waals surface area contributed by atoms with Gasteiger partial charge in [-0.05, 0) is 43.4 Å². The molecule has 2 aromatic heterocycles. The maximum atomic E-state index is 13.3. The summed E-state index contributed by atoms with van der Waals surface area (Å²) in [6, 6.07) is 7.20. The number of halogens is 1. The number of aryl methyl sites for hydroxylation is 2. The lowest BCUT2D eigenvalue weighted by molar-refractivity contribution is -0.141. The molecule has 7 heteroatoms. The van der Waals surface area contributed by atoms with Crippen LogP contribution in [0.1, 0.15) is 23.3 Å². The smallest absolute Gasteiger partial charge is 0.325 e. The molecule has 0 saturated heterocycles. The van der Waals surface area contributed by atoms with Gasteiger partial charge in [0.25, 0.3) is 5.56 Å². The molecule has 0 atom stereocenters. The van der Waals surface area contributed by atoms with E-state index in [0.29, 0.717) is 21.8 Å². The number of hydrogen-bond donors (Lipinski definition) is 0. The van der Waals surface area contributed by atoms with Gasteiger partial charge in [-0.1, -0.05) is 23.7 Å². The minimum absolute atomic E-state index is 0.191. The van der Waals surface area contributed by atoms with Gasteiger partial charge < -0.3 is 4.74 Å². The van der Waals surface area contributed by atoms with Crippen molar-refractivity contribution in [2.24, 2.45) is 0 Å². The van der Waals surface area contributed by atoms with Crippen molar-refractivity contribution in [3.8, 4) is 11.4 Å². The molecule has 1 aromatic carbocycles. The Labute approximate surface area is 159 Å². The van der Waals surface area contributed by atoms with E-state index in [1.165, 1.54) is 16.6 Å². The number of thiophene rings is 1. The highest BCUT2D eigenvalue weighted by molar-refractivity contribution is 7.18. The fourth-order valence-corrected chi connectivity index (χ4v) is 4.90. The predicted octanol–water partition coefficient (Wildman–Crippen LogP) is 3.83. The van der Waals surface area contributed by atoms with Crippen molar-refractivity contribution in [1.82, 2.24) is 9.55 Å². The van der Waals surface area contributed by atoms with Gasteiger partial charge in [0.05, 0.1) is 17.5 Å². The topological polar surface area (TPSA) is 61.2 Å². The fraction of sp³-hybridized carbons (Fsp3) is 0.316. The summed E-state index contributed by atoms with van der Waals surface area (Å²) in [7, 11) is 1.31. The number of nitrogens with zero attached hydrogens (tertiary/aromatic N) is 2. The third kappa shape index (κ3) is 2.83. The quantitative estimate of drug-likeness (QED) is 0.640. The van der Waals surface area contributed by atoms with Crippen LogP contribution in [0, 0.1) is 0 Å². The number of fused-ring (bicyclic) bond motifs is 3. The number of esters is 1. The van der Waals surface area contributed by atoms with Crippen LogP contribution < -0.4 is 5.56 Å². The molecule has 0 spiro atoms. The molecule has 4 rings (SSSR count). The Balaban J connectivity index is 2.03. The average Bonchev–Trinajstić information content (AvgIpc) is 3.02. The predicted molar refractivity (Wildman–Crippen MR) is 103 cm³/mol. The number of carbonyl (C=O) groups is 1. The molecular weight excluding hydrogens is 372 g/mol. The fourth-order valence-electron chi connectivity index (χ4n) is 3.43. The average molecular weight is 389 g/mol. The lowest BCUT2D eigenvalue weighted by Gasteiger charge is -2.14. The molecule has 3 aromatic rings. The Morgan fingerprint density at radius 2 is 2.08 bits per heavy atom. The monoisotopic (exact) mass is 388 g/mol. The van der Waals surface area contributed by atoms with Crippen LogP contribution in [0.2, 0.25) is 5.02 Å². The second-order valence-electron chi connectivity index (χ2n) is 6.27. The highest BCUT2D eigenvalue weighted by Crippen LogP contribution is 2.35. The van der Waals surface area contributed by atoms with Crippen LogP contribution in [0.3, 0.4) is 0 Å². The van der Waals surface area contributed by atoms with Crippen LogP contribution in [0.5, 0.6) is 0 Å². The first-order chi connectivity index (χ1) is 12.6. The van der Waals surface area contributed by atoms with Gasteiger partial charge in [0, 0.05) is 10.4 Å². The number of methoxy groups -OCH3 is 1. The Morgan fingerprint density at radius 1 is 1.31 bits per heavy atom. The highest BCUT2D eigenvalue weighted by atomic mass is 35.5. The number of ether oxygens (including phenoxy) is 1. The Morgan fingerprint density at radius 3 is 2.85 bits per heavy atom. The second-order valence-corrected chi connectivity index (χ2v) is 7.76. The van der Waals surface area contributed by atoms with Crippen molar-refractivity contribution in [2.75, 3.05) is 7.11 Å². The van der Waals surface area contributed by atoms with Crippen molar-refractivity contribution < 1.29 is 9.53 Å². The molecule has 5 nitrogen and oxygen atoms in total. The van der Waals surface area contributed by atoms with Crippen LogP contribution in [-0.2, 0) is 28.9 Å². The number of rotatable bonds is 3. The van der Waals surface area contributed by atoms with E-state index in [0.717, 1.165) is 36.1 Å². The van der Waals surface area contributed by atoms with Gasteiger partial charge in [-0.25, -0.2) is 4.98 Å². The third-order valence-corrected chi connectivity index (χ3v) is 6.22. The molecule has 0 bridgehead atoms. The normalized spacial score (nSPS) is 13.6. The van der Waals surface area contributed by atoms with Gasteiger partial charge in [-0.2, -0.15) is 0 Å². The molecule has 0 fully saturated rings. The number of aromatic nitrogens is 2. The van der Waals surface area contributed by atoms with Crippen LogP contribution in [0.25, 0.3) is 21.6 Å². The number of hydrogen-bond acceptors (Lipinski definition) is 5. The molecule has 0 unspecified atom stereocenters. The molecule has 0 amide bonds. The minimum Gasteiger partial charge on any atom is -0.468 e. The molecule has 0 N–H and O–H groups in total. The molecule has 0 saturated carbocycles. The van der Waals surface area contributed by atoms with E-state index in [4.69, 9.17) is 21.3 Å². The first-order valence-corrected chi connectivity index (χ1v) is 9.66. The lowest BCUT2D eigenvalue weighted by Crippen LogP contribution is -2.28. The SMILES string of the molecule is COC(=O)Cn1c(-c2ccccc2Cl)nc2sc3c(c2c1=O)CCCC3. The third-order valence-electron chi connectivity index (χ3n) is 4.70. The molecule has 0 aliphatic heterocycles. The van der Waals surface area contributed by atoms with Crippen molar-refractivity contribution in [3.63, 3.8) is 0 Å². The first-order valence-electron chi connectivity index (χ1n) is 8.47. The van der Waals surface area contributed by atoms with E-state index in [1.54, 1.807) is 23.5 Å². The Kier molecular flexibility index (Phi) is 4.54. The van der Waals surface area contributed by atoms with Crippen molar-refractivity contribution in [3.05, 3.63) is 50.1 Å². The van der Waals surface area contributed by atoms with E-state index in [1.807, 2.05) is 12.1 Å². The van der Waals surface area contributed by atoms with E-state index in [-0.39, 0.29) is 12.1 Å². The summed E-state index contributed by atoms with van der Waals surface area (Å²) in [6.07, 6.45) is 4.07. The van der Waals surface area contributed by atoms with Crippen LogP contribution in [0.4, 0.5) is 0 Å². The minimum atomic E-state index is -0.495. The van der Waals surface area contributed by atoms with Crippen LogP contribution >= 0.6 is 22.9 Å². The molecule has 1 aliphatic carbocycles. The van der Waals surface area contributed by atoms with E-state index < -0.39 is 5.97 Å².